The molecule has 3 N–H and O–H groups in total. The summed E-state index contributed by atoms with van der Waals surface area (Å²) in [6, 6.07) is 14.8. The summed E-state index contributed by atoms with van der Waals surface area (Å²) in [6.45, 7) is 1.90. The lowest BCUT2D eigenvalue weighted by atomic mass is 10.1. The maximum Gasteiger partial charge on any atom is 0.258 e. The summed E-state index contributed by atoms with van der Waals surface area (Å²) in [4.78, 5) is 12.3. The molecule has 1 amide bonds. The number of methoxy groups -OCH3 is 1. The van der Waals surface area contributed by atoms with E-state index in [0.717, 1.165) is 16.8 Å². The maximum absolute atomic E-state index is 12.3. The van der Waals surface area contributed by atoms with Gasteiger partial charge >= 0.3 is 0 Å². The Bertz CT molecular complexity index is 597. The van der Waals surface area contributed by atoms with Crippen molar-refractivity contribution in [3.63, 3.8) is 0 Å². The highest BCUT2D eigenvalue weighted by molar-refractivity contribution is 5.95. The largest absolute Gasteiger partial charge is 0.399 e. The van der Waals surface area contributed by atoms with Crippen LogP contribution in [0, 0.1) is 6.92 Å². The first-order valence-electron chi connectivity index (χ1n) is 6.36. The number of hydrogen-bond donors (Lipinski definition) is 2. The second-order valence-corrected chi connectivity index (χ2v) is 4.59. The highest BCUT2D eigenvalue weighted by Crippen LogP contribution is 2.22. The van der Waals surface area contributed by atoms with Crippen LogP contribution in [0.4, 0.5) is 11.4 Å². The molecule has 20 heavy (non-hydrogen) atoms. The first kappa shape index (κ1) is 14.1. The van der Waals surface area contributed by atoms with E-state index >= 15 is 0 Å². The van der Waals surface area contributed by atoms with Crippen LogP contribution in [0.3, 0.4) is 0 Å². The van der Waals surface area contributed by atoms with Gasteiger partial charge in [0.2, 0.25) is 0 Å². The van der Waals surface area contributed by atoms with Gasteiger partial charge in [0, 0.05) is 18.5 Å². The third-order valence-corrected chi connectivity index (χ3v) is 3.08. The fourth-order valence-corrected chi connectivity index (χ4v) is 2.05. The third kappa shape index (κ3) is 3.16. The van der Waals surface area contributed by atoms with Crippen LogP contribution in [0.15, 0.2) is 48.5 Å². The Balaban J connectivity index is 2.18. The number of carbonyl (C=O) groups excluding carboxylic acids is 1. The molecular weight excluding hydrogens is 252 g/mol. The van der Waals surface area contributed by atoms with Gasteiger partial charge < -0.3 is 15.8 Å². The fourth-order valence-electron chi connectivity index (χ4n) is 2.05. The molecule has 4 nitrogen and oxygen atoms in total. The summed E-state index contributed by atoms with van der Waals surface area (Å²) < 4.78 is 5.30. The van der Waals surface area contributed by atoms with Crippen molar-refractivity contribution in [2.24, 2.45) is 0 Å². The van der Waals surface area contributed by atoms with E-state index in [4.69, 9.17) is 10.5 Å². The summed E-state index contributed by atoms with van der Waals surface area (Å²) in [5.74, 6) is -0.202. The summed E-state index contributed by atoms with van der Waals surface area (Å²) >= 11 is 0. The van der Waals surface area contributed by atoms with Gasteiger partial charge in [0.05, 0.1) is 0 Å². The number of nitrogens with two attached hydrogens (primary N) is 1. The van der Waals surface area contributed by atoms with Gasteiger partial charge in [-0.15, -0.1) is 0 Å². The van der Waals surface area contributed by atoms with Crippen molar-refractivity contribution in [3.8, 4) is 0 Å². The maximum atomic E-state index is 12.3. The second kappa shape index (κ2) is 6.21. The minimum Gasteiger partial charge on any atom is -0.399 e. The zero-order valence-corrected chi connectivity index (χ0v) is 11.6. The van der Waals surface area contributed by atoms with Crippen LogP contribution in [0.1, 0.15) is 17.2 Å². The molecule has 0 bridgehead atoms. The molecule has 2 aromatic rings. The lowest BCUT2D eigenvalue weighted by Crippen LogP contribution is -2.23. The van der Waals surface area contributed by atoms with Crippen molar-refractivity contribution >= 4 is 17.3 Å². The molecule has 0 aliphatic rings. The lowest BCUT2D eigenvalue weighted by molar-refractivity contribution is -0.126. The van der Waals surface area contributed by atoms with Gasteiger partial charge in [-0.1, -0.05) is 30.3 Å². The molecule has 2 aromatic carbocycles. The van der Waals surface area contributed by atoms with Crippen LogP contribution in [-0.2, 0) is 9.53 Å². The molecule has 2 rings (SSSR count). The zero-order chi connectivity index (χ0) is 14.5. The van der Waals surface area contributed by atoms with E-state index in [9.17, 15) is 4.79 Å². The molecule has 0 saturated heterocycles. The van der Waals surface area contributed by atoms with Crippen molar-refractivity contribution in [1.29, 1.82) is 0 Å². The number of carbonyl (C=O) groups is 1. The van der Waals surface area contributed by atoms with Crippen LogP contribution in [0.2, 0.25) is 0 Å². The van der Waals surface area contributed by atoms with Crippen molar-refractivity contribution in [2.45, 2.75) is 13.0 Å². The predicted octanol–water partition coefficient (Wildman–Crippen LogP) is 2.90. The van der Waals surface area contributed by atoms with E-state index in [-0.39, 0.29) is 5.91 Å². The van der Waals surface area contributed by atoms with E-state index < -0.39 is 6.10 Å². The molecule has 0 spiro atoms. The number of ether oxygens (including phenoxy) is 1. The fraction of sp³-hybridized carbons (Fsp3) is 0.188. The van der Waals surface area contributed by atoms with E-state index in [0.29, 0.717) is 5.69 Å². The van der Waals surface area contributed by atoms with Gasteiger partial charge in [-0.05, 0) is 36.2 Å². The molecule has 1 atom stereocenters. The first-order valence-corrected chi connectivity index (χ1v) is 6.36. The number of benzene rings is 2. The number of aryl methyl sites for hydroxylation is 1. The molecule has 0 fully saturated rings. The Morgan fingerprint density at radius 3 is 2.50 bits per heavy atom. The summed E-state index contributed by atoms with van der Waals surface area (Å²) in [7, 11) is 1.52. The highest BCUT2D eigenvalue weighted by Gasteiger charge is 2.20. The third-order valence-electron chi connectivity index (χ3n) is 3.08. The molecule has 0 saturated carbocycles. The van der Waals surface area contributed by atoms with Gasteiger partial charge in [-0.3, -0.25) is 4.79 Å². The smallest absolute Gasteiger partial charge is 0.258 e. The van der Waals surface area contributed by atoms with Crippen molar-refractivity contribution < 1.29 is 9.53 Å². The normalized spacial score (nSPS) is 11.9. The molecule has 0 heterocycles. The van der Waals surface area contributed by atoms with Crippen molar-refractivity contribution in [1.82, 2.24) is 0 Å². The van der Waals surface area contributed by atoms with Gasteiger partial charge in [-0.25, -0.2) is 0 Å². The topological polar surface area (TPSA) is 64.3 Å². The summed E-state index contributed by atoms with van der Waals surface area (Å²) in [5, 5.41) is 2.87. The van der Waals surface area contributed by atoms with Crippen LogP contribution < -0.4 is 11.1 Å². The van der Waals surface area contributed by atoms with Gasteiger partial charge in [0.15, 0.2) is 6.10 Å². The van der Waals surface area contributed by atoms with E-state index in [2.05, 4.69) is 5.32 Å². The Morgan fingerprint density at radius 1 is 1.20 bits per heavy atom. The van der Waals surface area contributed by atoms with E-state index in [1.54, 1.807) is 12.1 Å². The van der Waals surface area contributed by atoms with Crippen LogP contribution >= 0.6 is 0 Å². The predicted molar refractivity (Wildman–Crippen MR) is 80.4 cm³/mol. The molecule has 104 valence electrons. The van der Waals surface area contributed by atoms with Crippen LogP contribution in [0.5, 0.6) is 0 Å². The number of nitrogen functional groups attached to an aromatic ring is 1. The number of anilines is 2. The first-order chi connectivity index (χ1) is 9.61. The van der Waals surface area contributed by atoms with Crippen LogP contribution in [0.25, 0.3) is 0 Å². The summed E-state index contributed by atoms with van der Waals surface area (Å²) in [5.41, 5.74) is 8.85. The molecule has 0 aliphatic heterocycles. The zero-order valence-electron chi connectivity index (χ0n) is 11.6. The quantitative estimate of drug-likeness (QED) is 0.840. The monoisotopic (exact) mass is 270 g/mol. The number of nitrogens with one attached hydrogen (secondary N) is 1. The SMILES string of the molecule is COC(C(=O)Nc1ccc(N)cc1C)c1ccccc1. The molecule has 4 heteroatoms. The Hall–Kier alpha value is -2.33. The standard InChI is InChI=1S/C16H18N2O2/c1-11-10-13(17)8-9-14(11)18-16(19)15(20-2)12-6-4-3-5-7-12/h3-10,15H,17H2,1-2H3,(H,18,19). The van der Waals surface area contributed by atoms with E-state index in [1.807, 2.05) is 43.3 Å². The van der Waals surface area contributed by atoms with Gasteiger partial charge in [-0.2, -0.15) is 0 Å². The molecule has 0 aromatic heterocycles. The van der Waals surface area contributed by atoms with E-state index in [1.165, 1.54) is 7.11 Å². The average molecular weight is 270 g/mol. The molecule has 0 radical (unpaired) electrons. The van der Waals surface area contributed by atoms with Gasteiger partial charge in [0.25, 0.3) is 5.91 Å². The number of rotatable bonds is 4. The minimum absolute atomic E-state index is 0.202. The van der Waals surface area contributed by atoms with Gasteiger partial charge in [0.1, 0.15) is 0 Å². The van der Waals surface area contributed by atoms with Crippen molar-refractivity contribution in [2.75, 3.05) is 18.2 Å². The number of amides is 1. The molecule has 0 aliphatic carbocycles. The Kier molecular flexibility index (Phi) is 4.38. The molecule has 1 unspecified atom stereocenters. The average Bonchev–Trinajstić information content (AvgIpc) is 2.44. The minimum atomic E-state index is -0.631. The number of hydrogen-bond acceptors (Lipinski definition) is 3. The molecular formula is C16H18N2O2. The van der Waals surface area contributed by atoms with Crippen molar-refractivity contribution in [3.05, 3.63) is 59.7 Å². The lowest BCUT2D eigenvalue weighted by Gasteiger charge is -2.16. The second-order valence-electron chi connectivity index (χ2n) is 4.59. The Morgan fingerprint density at radius 2 is 1.90 bits per heavy atom. The Labute approximate surface area is 118 Å². The van der Waals surface area contributed by atoms with Crippen LogP contribution in [-0.4, -0.2) is 13.0 Å². The summed E-state index contributed by atoms with van der Waals surface area (Å²) in [6.07, 6.45) is -0.631. The highest BCUT2D eigenvalue weighted by atomic mass is 16.5.